The lowest BCUT2D eigenvalue weighted by atomic mass is 9.88. The van der Waals surface area contributed by atoms with Crippen LogP contribution >= 0.6 is 0 Å². The van der Waals surface area contributed by atoms with Gasteiger partial charge < -0.3 is 15.2 Å². The number of carbonyl (C=O) groups excluding carboxylic acids is 1. The Kier molecular flexibility index (Phi) is 8.68. The number of benzene rings is 1. The molecule has 1 aromatic carbocycles. The lowest BCUT2D eigenvalue weighted by Gasteiger charge is -2.36. The smallest absolute Gasteiger partial charge is 0.223 e. The van der Waals surface area contributed by atoms with E-state index in [9.17, 15) is 18.3 Å². The molecule has 7 nitrogen and oxygen atoms in total. The molecule has 168 valence electrons. The SMILES string of the molecule is O=C(NCC[C@@H]1CC[C@@H](NS(=O)(=O)Cc2ccccc2)[C@@H](CO)O1)C1CCCCC1. The molecule has 1 aliphatic carbocycles. The van der Waals surface area contributed by atoms with Gasteiger partial charge in [-0.25, -0.2) is 13.1 Å². The number of carbonyl (C=O) groups is 1. The van der Waals surface area contributed by atoms with Gasteiger partial charge in [0, 0.05) is 12.5 Å². The summed E-state index contributed by atoms with van der Waals surface area (Å²) in [5.41, 5.74) is 0.717. The van der Waals surface area contributed by atoms with Crippen molar-refractivity contribution in [1.29, 1.82) is 0 Å². The topological polar surface area (TPSA) is 105 Å². The zero-order chi connectivity index (χ0) is 21.4. The second-order valence-electron chi connectivity index (χ2n) is 8.44. The Morgan fingerprint density at radius 2 is 1.80 bits per heavy atom. The van der Waals surface area contributed by atoms with Gasteiger partial charge in [-0.1, -0.05) is 49.6 Å². The summed E-state index contributed by atoms with van der Waals surface area (Å²) in [6.07, 6.45) is 6.71. The minimum absolute atomic E-state index is 0.0938. The van der Waals surface area contributed by atoms with Crippen LogP contribution in [0.2, 0.25) is 0 Å². The maximum Gasteiger partial charge on any atom is 0.223 e. The summed E-state index contributed by atoms with van der Waals surface area (Å²) in [5.74, 6) is 0.175. The second kappa shape index (κ2) is 11.2. The van der Waals surface area contributed by atoms with E-state index in [4.69, 9.17) is 4.74 Å². The number of hydrogen-bond donors (Lipinski definition) is 3. The maximum absolute atomic E-state index is 12.5. The van der Waals surface area contributed by atoms with E-state index in [0.717, 1.165) is 25.7 Å². The molecule has 2 fully saturated rings. The first-order valence-electron chi connectivity index (χ1n) is 11.0. The summed E-state index contributed by atoms with van der Waals surface area (Å²) in [7, 11) is -3.53. The Morgan fingerprint density at radius 1 is 1.07 bits per heavy atom. The number of hydrogen-bond acceptors (Lipinski definition) is 5. The van der Waals surface area contributed by atoms with Crippen molar-refractivity contribution in [2.24, 2.45) is 5.92 Å². The first-order chi connectivity index (χ1) is 14.5. The molecular formula is C22H34N2O5S. The molecule has 8 heteroatoms. The number of nitrogens with one attached hydrogen (secondary N) is 2. The quantitative estimate of drug-likeness (QED) is 0.548. The van der Waals surface area contributed by atoms with Crippen molar-refractivity contribution < 1.29 is 23.1 Å². The van der Waals surface area contributed by atoms with Crippen LogP contribution in [0, 0.1) is 5.92 Å². The van der Waals surface area contributed by atoms with Crippen molar-refractivity contribution in [3.63, 3.8) is 0 Å². The van der Waals surface area contributed by atoms with E-state index in [-0.39, 0.29) is 30.3 Å². The zero-order valence-electron chi connectivity index (χ0n) is 17.5. The third kappa shape index (κ3) is 7.04. The average Bonchev–Trinajstić information content (AvgIpc) is 2.75. The van der Waals surface area contributed by atoms with Crippen molar-refractivity contribution in [3.05, 3.63) is 35.9 Å². The number of ether oxygens (including phenoxy) is 1. The molecule has 0 unspecified atom stereocenters. The van der Waals surface area contributed by atoms with E-state index in [0.29, 0.717) is 31.4 Å². The molecule has 0 aromatic heterocycles. The number of aliphatic hydroxyl groups excluding tert-OH is 1. The van der Waals surface area contributed by atoms with Gasteiger partial charge in [0.2, 0.25) is 15.9 Å². The van der Waals surface area contributed by atoms with E-state index < -0.39 is 22.2 Å². The molecule has 2 aliphatic rings. The van der Waals surface area contributed by atoms with Crippen molar-refractivity contribution in [3.8, 4) is 0 Å². The lowest BCUT2D eigenvalue weighted by molar-refractivity contribution is -0.126. The Hall–Kier alpha value is -1.48. The van der Waals surface area contributed by atoms with E-state index >= 15 is 0 Å². The summed E-state index contributed by atoms with van der Waals surface area (Å²) >= 11 is 0. The molecule has 3 rings (SSSR count). The van der Waals surface area contributed by atoms with Gasteiger partial charge >= 0.3 is 0 Å². The van der Waals surface area contributed by atoms with Gasteiger partial charge in [0.15, 0.2) is 0 Å². The largest absolute Gasteiger partial charge is 0.394 e. The van der Waals surface area contributed by atoms with Crippen LogP contribution in [0.4, 0.5) is 0 Å². The Labute approximate surface area is 179 Å². The molecule has 0 spiro atoms. The predicted molar refractivity (Wildman–Crippen MR) is 115 cm³/mol. The van der Waals surface area contributed by atoms with Gasteiger partial charge in [-0.15, -0.1) is 0 Å². The van der Waals surface area contributed by atoms with Gasteiger partial charge in [-0.2, -0.15) is 0 Å². The highest BCUT2D eigenvalue weighted by Gasteiger charge is 2.33. The molecule has 0 bridgehead atoms. The van der Waals surface area contributed by atoms with Gasteiger partial charge in [0.05, 0.1) is 30.6 Å². The number of aliphatic hydroxyl groups is 1. The molecule has 1 saturated heterocycles. The molecule has 3 atom stereocenters. The van der Waals surface area contributed by atoms with Crippen molar-refractivity contribution >= 4 is 15.9 Å². The molecule has 1 aromatic rings. The van der Waals surface area contributed by atoms with E-state index in [1.807, 2.05) is 18.2 Å². The minimum atomic E-state index is -3.53. The first-order valence-corrected chi connectivity index (χ1v) is 12.7. The van der Waals surface area contributed by atoms with Crippen LogP contribution in [-0.4, -0.2) is 50.8 Å². The maximum atomic E-state index is 12.5. The average molecular weight is 439 g/mol. The van der Waals surface area contributed by atoms with Crippen molar-refractivity contribution in [2.45, 2.75) is 75.4 Å². The van der Waals surface area contributed by atoms with Crippen LogP contribution in [0.5, 0.6) is 0 Å². The monoisotopic (exact) mass is 438 g/mol. The molecule has 1 saturated carbocycles. The lowest BCUT2D eigenvalue weighted by Crippen LogP contribution is -2.51. The molecule has 1 aliphatic heterocycles. The first kappa shape index (κ1) is 23.2. The van der Waals surface area contributed by atoms with Crippen LogP contribution < -0.4 is 10.0 Å². The van der Waals surface area contributed by atoms with Gasteiger partial charge in [0.1, 0.15) is 0 Å². The molecule has 3 N–H and O–H groups in total. The molecule has 0 radical (unpaired) electrons. The van der Waals surface area contributed by atoms with E-state index in [2.05, 4.69) is 10.0 Å². The van der Waals surface area contributed by atoms with E-state index in [1.165, 1.54) is 6.42 Å². The second-order valence-corrected chi connectivity index (χ2v) is 10.2. The third-order valence-electron chi connectivity index (χ3n) is 6.07. The van der Waals surface area contributed by atoms with Gasteiger partial charge in [0.25, 0.3) is 0 Å². The summed E-state index contributed by atoms with van der Waals surface area (Å²) in [4.78, 5) is 12.3. The van der Waals surface area contributed by atoms with Crippen LogP contribution in [0.3, 0.4) is 0 Å². The Bertz CT molecular complexity index is 765. The fourth-order valence-electron chi connectivity index (χ4n) is 4.41. The number of amides is 1. The number of sulfonamides is 1. The summed E-state index contributed by atoms with van der Waals surface area (Å²) in [5, 5.41) is 12.7. The standard InChI is InChI=1S/C22H34N2O5S/c25-15-21-20(24-30(27,28)16-17-7-3-1-4-8-17)12-11-19(29-21)13-14-23-22(26)18-9-5-2-6-10-18/h1,3-4,7-8,18-21,24-25H,2,5-6,9-16H2,(H,23,26)/t19-,20+,21+/m0/s1. The fraction of sp³-hybridized carbons (Fsp3) is 0.682. The summed E-state index contributed by atoms with van der Waals surface area (Å²) in [6.45, 7) is 0.298. The highest BCUT2D eigenvalue weighted by atomic mass is 32.2. The molecule has 30 heavy (non-hydrogen) atoms. The van der Waals surface area contributed by atoms with Crippen LogP contribution in [-0.2, 0) is 25.3 Å². The zero-order valence-corrected chi connectivity index (χ0v) is 18.3. The third-order valence-corrected chi connectivity index (χ3v) is 7.44. The normalized spacial score (nSPS) is 25.7. The highest BCUT2D eigenvalue weighted by Crippen LogP contribution is 2.25. The Balaban J connectivity index is 1.43. The van der Waals surface area contributed by atoms with E-state index in [1.54, 1.807) is 12.1 Å². The summed E-state index contributed by atoms with van der Waals surface area (Å²) < 4.78 is 33.7. The fourth-order valence-corrected chi connectivity index (χ4v) is 5.86. The minimum Gasteiger partial charge on any atom is -0.394 e. The molecular weight excluding hydrogens is 404 g/mol. The van der Waals surface area contributed by atoms with Crippen LogP contribution in [0.1, 0.15) is 56.9 Å². The van der Waals surface area contributed by atoms with Crippen molar-refractivity contribution in [1.82, 2.24) is 10.0 Å². The van der Waals surface area contributed by atoms with Gasteiger partial charge in [-0.3, -0.25) is 4.79 Å². The predicted octanol–water partition coefficient (Wildman–Crippen LogP) is 2.10. The van der Waals surface area contributed by atoms with Crippen LogP contribution in [0.25, 0.3) is 0 Å². The Morgan fingerprint density at radius 3 is 2.50 bits per heavy atom. The van der Waals surface area contributed by atoms with Crippen molar-refractivity contribution in [2.75, 3.05) is 13.2 Å². The molecule has 1 heterocycles. The van der Waals surface area contributed by atoms with Gasteiger partial charge in [-0.05, 0) is 37.7 Å². The number of rotatable bonds is 9. The molecule has 1 amide bonds. The van der Waals surface area contributed by atoms with Crippen LogP contribution in [0.15, 0.2) is 30.3 Å². The summed E-state index contributed by atoms with van der Waals surface area (Å²) in [6, 6.07) is 8.57. The highest BCUT2D eigenvalue weighted by molar-refractivity contribution is 7.88.